The fraction of sp³-hybridized carbons (Fsp3) is 0.125. The van der Waals surface area contributed by atoms with Crippen molar-refractivity contribution < 1.29 is 18.5 Å². The molecule has 0 aliphatic heterocycles. The summed E-state index contributed by atoms with van der Waals surface area (Å²) in [6, 6.07) is 9.48. The first-order valence-corrected chi connectivity index (χ1v) is 6.82. The number of halogens is 2. The molecule has 122 valence electrons. The van der Waals surface area contributed by atoms with E-state index >= 15 is 0 Å². The molecule has 24 heavy (non-hydrogen) atoms. The van der Waals surface area contributed by atoms with Crippen LogP contribution in [0.4, 0.5) is 20.2 Å². The lowest BCUT2D eigenvalue weighted by Crippen LogP contribution is -2.32. The molecule has 0 atom stereocenters. The van der Waals surface area contributed by atoms with Crippen molar-refractivity contribution in [2.45, 2.75) is 6.42 Å². The van der Waals surface area contributed by atoms with Gasteiger partial charge < -0.3 is 4.90 Å². The number of hydrogen-bond donors (Lipinski definition) is 0. The van der Waals surface area contributed by atoms with E-state index in [1.54, 1.807) is 0 Å². The van der Waals surface area contributed by atoms with Gasteiger partial charge in [0, 0.05) is 18.3 Å². The molecule has 0 spiro atoms. The number of non-ortho nitro benzene ring substituents is 1. The lowest BCUT2D eigenvalue weighted by molar-refractivity contribution is -0.385. The first-order chi connectivity index (χ1) is 11.4. The summed E-state index contributed by atoms with van der Waals surface area (Å²) in [5, 5.41) is 19.3. The van der Waals surface area contributed by atoms with Gasteiger partial charge in [-0.1, -0.05) is 0 Å². The van der Waals surface area contributed by atoms with E-state index < -0.39 is 28.2 Å². The van der Waals surface area contributed by atoms with Gasteiger partial charge in [0.05, 0.1) is 29.0 Å². The van der Waals surface area contributed by atoms with Gasteiger partial charge in [-0.05, 0) is 30.3 Å². The smallest absolute Gasteiger partial charge is 0.272 e. The van der Waals surface area contributed by atoms with E-state index in [9.17, 15) is 23.7 Å². The summed E-state index contributed by atoms with van der Waals surface area (Å²) in [6.07, 6.45) is -0.0162. The van der Waals surface area contributed by atoms with Crippen molar-refractivity contribution >= 4 is 17.3 Å². The summed E-state index contributed by atoms with van der Waals surface area (Å²) in [7, 11) is 0. The van der Waals surface area contributed by atoms with E-state index in [-0.39, 0.29) is 24.2 Å². The van der Waals surface area contributed by atoms with Gasteiger partial charge in [0.15, 0.2) is 0 Å². The Balaban J connectivity index is 2.39. The number of hydrogen-bond acceptors (Lipinski definition) is 4. The second-order valence-corrected chi connectivity index (χ2v) is 4.76. The van der Waals surface area contributed by atoms with E-state index in [1.807, 2.05) is 6.07 Å². The minimum Gasteiger partial charge on any atom is -0.307 e. The molecule has 0 bridgehead atoms. The molecule has 0 unspecified atom stereocenters. The van der Waals surface area contributed by atoms with Crippen molar-refractivity contribution in [3.05, 3.63) is 69.8 Å². The third-order valence-corrected chi connectivity index (χ3v) is 3.22. The molecule has 1 amide bonds. The van der Waals surface area contributed by atoms with Gasteiger partial charge in [-0.25, -0.2) is 8.78 Å². The quantitative estimate of drug-likeness (QED) is 0.620. The molecule has 0 fully saturated rings. The van der Waals surface area contributed by atoms with Gasteiger partial charge in [0.1, 0.15) is 11.6 Å². The van der Waals surface area contributed by atoms with Crippen molar-refractivity contribution in [3.8, 4) is 6.07 Å². The maximum Gasteiger partial charge on any atom is 0.272 e. The lowest BCUT2D eigenvalue weighted by atomic mass is 10.1. The fourth-order valence-corrected chi connectivity index (χ4v) is 2.07. The number of nitrogens with zero attached hydrogens (tertiary/aromatic N) is 3. The van der Waals surface area contributed by atoms with E-state index in [4.69, 9.17) is 5.26 Å². The largest absolute Gasteiger partial charge is 0.307 e. The molecule has 0 saturated heterocycles. The predicted octanol–water partition coefficient (Wildman–Crippen LogP) is 3.43. The molecule has 2 rings (SSSR count). The number of nitriles is 1. The van der Waals surface area contributed by atoms with Crippen LogP contribution in [0.3, 0.4) is 0 Å². The SMILES string of the molecule is N#CCCN(C(=O)c1ccc([N+](=O)[O-])cc1F)c1ccc(F)cc1. The Kier molecular flexibility index (Phi) is 5.16. The Bertz CT molecular complexity index is 816. The first-order valence-electron chi connectivity index (χ1n) is 6.82. The molecular formula is C16H11F2N3O3. The fourth-order valence-electron chi connectivity index (χ4n) is 2.07. The highest BCUT2D eigenvalue weighted by molar-refractivity contribution is 6.06. The van der Waals surface area contributed by atoms with Gasteiger partial charge in [-0.2, -0.15) is 5.26 Å². The standard InChI is InChI=1S/C16H11F2N3O3/c17-11-2-4-12(5-3-11)20(9-1-8-19)16(22)14-7-6-13(21(23)24)10-15(14)18/h2-7,10H,1,9H2. The monoisotopic (exact) mass is 331 g/mol. The van der Waals surface area contributed by atoms with Crippen LogP contribution in [0, 0.1) is 33.1 Å². The van der Waals surface area contributed by atoms with E-state index in [0.29, 0.717) is 6.07 Å². The Morgan fingerprint density at radius 3 is 2.42 bits per heavy atom. The highest BCUT2D eigenvalue weighted by Gasteiger charge is 2.22. The topological polar surface area (TPSA) is 87.2 Å². The van der Waals surface area contributed by atoms with Crippen molar-refractivity contribution in [2.24, 2.45) is 0 Å². The highest BCUT2D eigenvalue weighted by atomic mass is 19.1. The molecule has 0 saturated carbocycles. The van der Waals surface area contributed by atoms with Gasteiger partial charge in [0.25, 0.3) is 11.6 Å². The molecule has 2 aromatic rings. The number of carbonyl (C=O) groups excluding carboxylic acids is 1. The van der Waals surface area contributed by atoms with E-state index in [1.165, 1.54) is 12.1 Å². The first kappa shape index (κ1) is 17.0. The summed E-state index contributed by atoms with van der Waals surface area (Å²) < 4.78 is 27.1. The molecule has 0 radical (unpaired) electrons. The summed E-state index contributed by atoms with van der Waals surface area (Å²) in [4.78, 5) is 23.5. The number of nitro benzene ring substituents is 1. The van der Waals surface area contributed by atoms with Crippen molar-refractivity contribution in [1.29, 1.82) is 5.26 Å². The van der Waals surface area contributed by atoms with Crippen molar-refractivity contribution in [3.63, 3.8) is 0 Å². The average Bonchev–Trinajstić information content (AvgIpc) is 2.56. The summed E-state index contributed by atoms with van der Waals surface area (Å²) in [5.74, 6) is -2.32. The van der Waals surface area contributed by atoms with Gasteiger partial charge in [0.2, 0.25) is 0 Å². The molecule has 0 heterocycles. The second kappa shape index (κ2) is 7.28. The van der Waals surface area contributed by atoms with E-state index in [2.05, 4.69) is 0 Å². The number of nitro groups is 1. The zero-order chi connectivity index (χ0) is 17.7. The van der Waals surface area contributed by atoms with Crippen LogP contribution in [-0.2, 0) is 0 Å². The van der Waals surface area contributed by atoms with Crippen molar-refractivity contribution in [1.82, 2.24) is 0 Å². The maximum atomic E-state index is 14.0. The zero-order valence-corrected chi connectivity index (χ0v) is 12.3. The third kappa shape index (κ3) is 3.70. The van der Waals surface area contributed by atoms with Crippen LogP contribution < -0.4 is 4.90 Å². The number of carbonyl (C=O) groups is 1. The molecule has 0 aliphatic carbocycles. The lowest BCUT2D eigenvalue weighted by Gasteiger charge is -2.22. The molecule has 2 aromatic carbocycles. The Labute approximate surface area is 135 Å². The molecule has 0 aliphatic rings. The Morgan fingerprint density at radius 2 is 1.88 bits per heavy atom. The van der Waals surface area contributed by atoms with Crippen LogP contribution in [-0.4, -0.2) is 17.4 Å². The number of amides is 1. The normalized spacial score (nSPS) is 10.0. The van der Waals surface area contributed by atoms with Crippen molar-refractivity contribution in [2.75, 3.05) is 11.4 Å². The second-order valence-electron chi connectivity index (χ2n) is 4.76. The molecule has 6 nitrogen and oxygen atoms in total. The van der Waals surface area contributed by atoms with Crippen LogP contribution in [0.2, 0.25) is 0 Å². The van der Waals surface area contributed by atoms with Gasteiger partial charge in [-0.3, -0.25) is 14.9 Å². The summed E-state index contributed by atoms with van der Waals surface area (Å²) in [6.45, 7) is -0.0304. The molecular weight excluding hydrogens is 320 g/mol. The van der Waals surface area contributed by atoms with Crippen LogP contribution in [0.5, 0.6) is 0 Å². The minimum absolute atomic E-state index is 0.0162. The Hall–Kier alpha value is -3.34. The van der Waals surface area contributed by atoms with Crippen LogP contribution in [0.15, 0.2) is 42.5 Å². The van der Waals surface area contributed by atoms with Gasteiger partial charge >= 0.3 is 0 Å². The van der Waals surface area contributed by atoms with Crippen LogP contribution >= 0.6 is 0 Å². The van der Waals surface area contributed by atoms with Crippen LogP contribution in [0.1, 0.15) is 16.8 Å². The zero-order valence-electron chi connectivity index (χ0n) is 12.3. The number of rotatable bonds is 5. The molecule has 8 heteroatoms. The molecule has 0 aromatic heterocycles. The summed E-state index contributed by atoms with van der Waals surface area (Å²) >= 11 is 0. The van der Waals surface area contributed by atoms with E-state index in [0.717, 1.165) is 29.2 Å². The third-order valence-electron chi connectivity index (χ3n) is 3.22. The van der Waals surface area contributed by atoms with Gasteiger partial charge in [-0.15, -0.1) is 0 Å². The summed E-state index contributed by atoms with van der Waals surface area (Å²) in [5.41, 5.74) is -0.563. The molecule has 0 N–H and O–H groups in total. The number of benzene rings is 2. The highest BCUT2D eigenvalue weighted by Crippen LogP contribution is 2.22. The minimum atomic E-state index is -1.04. The predicted molar refractivity (Wildman–Crippen MR) is 81.4 cm³/mol. The average molecular weight is 331 g/mol. The maximum absolute atomic E-state index is 14.0. The number of anilines is 1. The van der Waals surface area contributed by atoms with Crippen LogP contribution in [0.25, 0.3) is 0 Å². The Morgan fingerprint density at radius 1 is 1.21 bits per heavy atom.